The highest BCUT2D eigenvalue weighted by atomic mass is 28.1. The zero-order valence-electron chi connectivity index (χ0n) is 3.72. The van der Waals surface area contributed by atoms with E-state index in [1.807, 2.05) is 0 Å². The lowest BCUT2D eigenvalue weighted by Crippen LogP contribution is -1.75. The van der Waals surface area contributed by atoms with Crippen molar-refractivity contribution in [3.63, 3.8) is 0 Å². The summed E-state index contributed by atoms with van der Waals surface area (Å²) in [4.78, 5) is 10.1. The Kier molecular flexibility index (Phi) is 2.30. The Hall–Kier alpha value is -0.633. The molecule has 0 bridgehead atoms. The maximum atomic E-state index is 10.1. The molecule has 1 nitrogen and oxygen atoms in total. The van der Waals surface area contributed by atoms with Crippen LogP contribution in [0.2, 0.25) is 0 Å². The largest absolute Gasteiger partial charge is 0.290 e. The summed E-state index contributed by atoms with van der Waals surface area (Å²) in [7, 11) is 0. The fraction of sp³-hybridized carbons (Fsp3) is 0. The number of carbonyl (C=O) groups is 1. The molecule has 0 aromatic rings. The van der Waals surface area contributed by atoms with Gasteiger partial charge in [0.25, 0.3) is 0 Å². The van der Waals surface area contributed by atoms with Gasteiger partial charge in [0, 0.05) is 11.0 Å². The van der Waals surface area contributed by atoms with Crippen molar-refractivity contribution in [1.29, 1.82) is 0 Å². The molecule has 0 aromatic carbocycles. The molecule has 0 saturated carbocycles. The van der Waals surface area contributed by atoms with Crippen LogP contribution < -0.4 is 0 Å². The van der Waals surface area contributed by atoms with E-state index in [0.717, 1.165) is 0 Å². The highest BCUT2D eigenvalue weighted by Crippen LogP contribution is 1.89. The van der Waals surface area contributed by atoms with Crippen molar-refractivity contribution in [2.45, 2.75) is 0 Å². The highest BCUT2D eigenvalue weighted by molar-refractivity contribution is 6.01. The summed E-state index contributed by atoms with van der Waals surface area (Å²) in [5.74, 6) is 0.0926. The van der Waals surface area contributed by atoms with Gasteiger partial charge in [-0.1, -0.05) is 12.2 Å². The van der Waals surface area contributed by atoms with E-state index in [2.05, 4.69) is 0 Å². The summed E-state index contributed by atoms with van der Waals surface area (Å²) in [6.45, 7) is 0. The van der Waals surface area contributed by atoms with Gasteiger partial charge in [0.15, 0.2) is 5.78 Å². The number of ketones is 1. The van der Waals surface area contributed by atoms with E-state index < -0.39 is 0 Å². The molecule has 0 spiro atoms. The van der Waals surface area contributed by atoms with E-state index in [1.54, 1.807) is 12.2 Å². The maximum absolute atomic E-state index is 10.1. The van der Waals surface area contributed by atoms with Crippen molar-refractivity contribution < 1.29 is 4.79 Å². The Bertz CT molecular complexity index is 110. The molecule has 1 aliphatic carbocycles. The first kappa shape index (κ1) is 6.37. The highest BCUT2D eigenvalue weighted by Gasteiger charge is 1.88. The van der Waals surface area contributed by atoms with Gasteiger partial charge in [-0.25, -0.2) is 0 Å². The molecular formula is C5H4OSi. The van der Waals surface area contributed by atoms with Crippen molar-refractivity contribution in [1.82, 2.24) is 0 Å². The summed E-state index contributed by atoms with van der Waals surface area (Å²) < 4.78 is 0. The summed E-state index contributed by atoms with van der Waals surface area (Å²) in [5, 5.41) is 0. The first-order valence-electron chi connectivity index (χ1n) is 1.78. The second-order valence-corrected chi connectivity index (χ2v) is 1.12. The minimum atomic E-state index is 0. The first-order chi connectivity index (χ1) is 2.89. The first-order valence-corrected chi connectivity index (χ1v) is 1.78. The van der Waals surface area contributed by atoms with Gasteiger partial charge in [-0.15, -0.1) is 0 Å². The Morgan fingerprint density at radius 2 is 1.57 bits per heavy atom. The normalized spacial score (nSPS) is 14.6. The monoisotopic (exact) mass is 108 g/mol. The molecule has 34 valence electrons. The van der Waals surface area contributed by atoms with Gasteiger partial charge in [-0.05, 0) is 12.2 Å². The second-order valence-electron chi connectivity index (χ2n) is 1.12. The van der Waals surface area contributed by atoms with Crippen LogP contribution >= 0.6 is 0 Å². The zero-order chi connectivity index (χ0) is 4.41. The molecule has 0 fully saturated rings. The average molecular weight is 108 g/mol. The van der Waals surface area contributed by atoms with Crippen LogP contribution in [0.1, 0.15) is 0 Å². The Morgan fingerprint density at radius 1 is 1.14 bits per heavy atom. The smallest absolute Gasteiger partial charge is 0.178 e. The molecule has 1 rings (SSSR count). The zero-order valence-corrected chi connectivity index (χ0v) is 4.72. The van der Waals surface area contributed by atoms with Gasteiger partial charge < -0.3 is 0 Å². The number of rotatable bonds is 0. The fourth-order valence-corrected chi connectivity index (χ4v) is 0.356. The van der Waals surface area contributed by atoms with Crippen LogP contribution in [-0.4, -0.2) is 16.7 Å². The Balaban J connectivity index is 0.000000360. The molecule has 0 heterocycles. The van der Waals surface area contributed by atoms with E-state index in [1.165, 1.54) is 12.2 Å². The molecule has 0 atom stereocenters. The van der Waals surface area contributed by atoms with Crippen LogP contribution in [0.5, 0.6) is 0 Å². The third kappa shape index (κ3) is 1.50. The summed E-state index contributed by atoms with van der Waals surface area (Å²) in [6.07, 6.45) is 6.50. The third-order valence-electron chi connectivity index (χ3n) is 0.632. The standard InChI is InChI=1S/C5H4O.Si/c6-5-3-1-2-4-5;/h1-4H;. The van der Waals surface area contributed by atoms with Crippen molar-refractivity contribution in [3.05, 3.63) is 24.3 Å². The molecule has 0 N–H and O–H groups in total. The van der Waals surface area contributed by atoms with Gasteiger partial charge in [-0.2, -0.15) is 0 Å². The molecule has 0 aromatic heterocycles. The molecule has 1 aliphatic rings. The molecule has 2 heteroatoms. The summed E-state index contributed by atoms with van der Waals surface area (Å²) >= 11 is 0. The molecule has 0 unspecified atom stereocenters. The number of allylic oxidation sites excluding steroid dienone is 4. The van der Waals surface area contributed by atoms with Crippen LogP contribution in [0.15, 0.2) is 24.3 Å². The van der Waals surface area contributed by atoms with E-state index in [4.69, 9.17) is 0 Å². The summed E-state index contributed by atoms with van der Waals surface area (Å²) in [5.41, 5.74) is 0. The summed E-state index contributed by atoms with van der Waals surface area (Å²) in [6, 6.07) is 0. The van der Waals surface area contributed by atoms with Crippen LogP contribution in [0.3, 0.4) is 0 Å². The van der Waals surface area contributed by atoms with Crippen LogP contribution in [0.25, 0.3) is 0 Å². The number of hydrogen-bond acceptors (Lipinski definition) is 1. The van der Waals surface area contributed by atoms with E-state index in [0.29, 0.717) is 0 Å². The van der Waals surface area contributed by atoms with E-state index in [-0.39, 0.29) is 16.7 Å². The molecule has 0 aliphatic heterocycles. The predicted molar refractivity (Wildman–Crippen MR) is 29.0 cm³/mol. The molecule has 0 saturated heterocycles. The molecule has 0 amide bonds. The minimum Gasteiger partial charge on any atom is -0.290 e. The van der Waals surface area contributed by atoms with Crippen LogP contribution in [-0.2, 0) is 4.79 Å². The second kappa shape index (κ2) is 2.52. The van der Waals surface area contributed by atoms with Crippen LogP contribution in [0.4, 0.5) is 0 Å². The Morgan fingerprint density at radius 3 is 1.71 bits per heavy atom. The average Bonchev–Trinajstić information content (AvgIpc) is 1.86. The SMILES string of the molecule is O=C1C=CC=C1.[Si]. The van der Waals surface area contributed by atoms with Crippen molar-refractivity contribution in [2.24, 2.45) is 0 Å². The van der Waals surface area contributed by atoms with E-state index in [9.17, 15) is 4.79 Å². The maximum Gasteiger partial charge on any atom is 0.178 e. The Labute approximate surface area is 46.7 Å². The van der Waals surface area contributed by atoms with Gasteiger partial charge in [0.1, 0.15) is 0 Å². The van der Waals surface area contributed by atoms with Crippen LogP contribution in [0, 0.1) is 0 Å². The molecular weight excluding hydrogens is 104 g/mol. The lowest BCUT2D eigenvalue weighted by atomic mass is 10.5. The van der Waals surface area contributed by atoms with Crippen molar-refractivity contribution in [2.75, 3.05) is 0 Å². The molecule has 4 radical (unpaired) electrons. The predicted octanol–water partition coefficient (Wildman–Crippen LogP) is 0.301. The van der Waals surface area contributed by atoms with Gasteiger partial charge >= 0.3 is 0 Å². The lowest BCUT2D eigenvalue weighted by molar-refractivity contribution is -0.110. The van der Waals surface area contributed by atoms with Crippen molar-refractivity contribution >= 4 is 16.7 Å². The lowest BCUT2D eigenvalue weighted by Gasteiger charge is -1.62. The number of carbonyl (C=O) groups excluding carboxylic acids is 1. The van der Waals surface area contributed by atoms with E-state index >= 15 is 0 Å². The quantitative estimate of drug-likeness (QED) is 0.408. The van der Waals surface area contributed by atoms with Gasteiger partial charge in [-0.3, -0.25) is 4.79 Å². The topological polar surface area (TPSA) is 17.1 Å². The number of hydrogen-bond donors (Lipinski definition) is 0. The molecule has 7 heavy (non-hydrogen) atoms. The van der Waals surface area contributed by atoms with Gasteiger partial charge in [0.05, 0.1) is 0 Å². The van der Waals surface area contributed by atoms with Gasteiger partial charge in [0.2, 0.25) is 0 Å². The third-order valence-corrected chi connectivity index (χ3v) is 0.632. The van der Waals surface area contributed by atoms with Crippen molar-refractivity contribution in [3.8, 4) is 0 Å². The minimum absolute atomic E-state index is 0. The fourth-order valence-electron chi connectivity index (χ4n) is 0.356.